The fraction of sp³-hybridized carbons (Fsp3) is 0.500. The summed E-state index contributed by atoms with van der Waals surface area (Å²) in [4.78, 5) is 23.4. The number of carboxylic acid groups (broad SMARTS) is 1. The average Bonchev–Trinajstić information content (AvgIpc) is 2.25. The maximum atomic E-state index is 12.0. The van der Waals surface area contributed by atoms with Crippen LogP contribution in [-0.2, 0) is 20.7 Å². The van der Waals surface area contributed by atoms with E-state index in [0.29, 0.717) is 6.42 Å². The van der Waals surface area contributed by atoms with Crippen LogP contribution < -0.4 is 5.73 Å². The van der Waals surface area contributed by atoms with E-state index in [1.165, 1.54) is 0 Å². The van der Waals surface area contributed by atoms with Crippen molar-refractivity contribution in [1.82, 2.24) is 0 Å². The lowest BCUT2D eigenvalue weighted by molar-refractivity contribution is -0.167. The molecule has 0 spiro atoms. The third kappa shape index (κ3) is 5.55. The van der Waals surface area contributed by atoms with Gasteiger partial charge in [-0.2, -0.15) is 0 Å². The van der Waals surface area contributed by atoms with Crippen molar-refractivity contribution in [2.24, 2.45) is 11.7 Å². The standard InChI is InChI=1S/C16H23NO4/c1-10-6-5-7-11(8-10)9-12(17)13(14(18)19)15(20)21-16(2,3)4/h5-8,12-13H,9,17H2,1-4H3,(H,18,19)/t12?,13-/m1/s1. The second-order valence-electron chi connectivity index (χ2n) is 6.21. The van der Waals surface area contributed by atoms with E-state index in [-0.39, 0.29) is 0 Å². The summed E-state index contributed by atoms with van der Waals surface area (Å²) >= 11 is 0. The van der Waals surface area contributed by atoms with E-state index >= 15 is 0 Å². The Hall–Kier alpha value is -1.88. The molecule has 2 atom stereocenters. The van der Waals surface area contributed by atoms with E-state index in [9.17, 15) is 14.7 Å². The second-order valence-corrected chi connectivity index (χ2v) is 6.21. The number of rotatable bonds is 5. The van der Waals surface area contributed by atoms with Gasteiger partial charge in [0, 0.05) is 6.04 Å². The zero-order valence-corrected chi connectivity index (χ0v) is 12.9. The molecule has 0 aromatic heterocycles. The smallest absolute Gasteiger partial charge is 0.322 e. The quantitative estimate of drug-likeness (QED) is 0.639. The van der Waals surface area contributed by atoms with Crippen LogP contribution in [0.25, 0.3) is 0 Å². The minimum Gasteiger partial charge on any atom is -0.481 e. The van der Waals surface area contributed by atoms with Crippen LogP contribution in [0.3, 0.4) is 0 Å². The predicted molar refractivity (Wildman–Crippen MR) is 79.8 cm³/mol. The molecule has 0 amide bonds. The number of esters is 1. The van der Waals surface area contributed by atoms with Crippen molar-refractivity contribution < 1.29 is 19.4 Å². The number of aryl methyl sites for hydroxylation is 1. The van der Waals surface area contributed by atoms with E-state index in [2.05, 4.69) is 0 Å². The molecule has 3 N–H and O–H groups in total. The van der Waals surface area contributed by atoms with E-state index in [1.54, 1.807) is 20.8 Å². The molecule has 0 aliphatic rings. The number of aliphatic carboxylic acids is 1. The third-order valence-corrected chi connectivity index (χ3v) is 2.91. The fourth-order valence-electron chi connectivity index (χ4n) is 2.05. The number of nitrogens with two attached hydrogens (primary N) is 1. The van der Waals surface area contributed by atoms with Crippen LogP contribution in [0.5, 0.6) is 0 Å². The van der Waals surface area contributed by atoms with Gasteiger partial charge in [0.25, 0.3) is 0 Å². The van der Waals surface area contributed by atoms with Crippen molar-refractivity contribution in [1.29, 1.82) is 0 Å². The Balaban J connectivity index is 2.85. The number of ether oxygens (including phenoxy) is 1. The Labute approximate surface area is 125 Å². The molecule has 0 heterocycles. The maximum Gasteiger partial charge on any atom is 0.322 e. The molecule has 1 unspecified atom stereocenters. The first-order chi connectivity index (χ1) is 9.60. The fourth-order valence-corrected chi connectivity index (χ4v) is 2.05. The van der Waals surface area contributed by atoms with Crippen molar-refractivity contribution in [3.05, 3.63) is 35.4 Å². The Bertz CT molecular complexity index is 519. The topological polar surface area (TPSA) is 89.6 Å². The molecular formula is C16H23NO4. The first kappa shape index (κ1) is 17.2. The van der Waals surface area contributed by atoms with E-state index in [4.69, 9.17) is 10.5 Å². The number of hydrogen-bond acceptors (Lipinski definition) is 4. The van der Waals surface area contributed by atoms with Gasteiger partial charge < -0.3 is 15.6 Å². The van der Waals surface area contributed by atoms with Crippen LogP contribution in [0, 0.1) is 12.8 Å². The largest absolute Gasteiger partial charge is 0.481 e. The molecule has 5 nitrogen and oxygen atoms in total. The summed E-state index contributed by atoms with van der Waals surface area (Å²) in [5.74, 6) is -3.43. The Kier molecular flexibility index (Phi) is 5.49. The van der Waals surface area contributed by atoms with Crippen molar-refractivity contribution >= 4 is 11.9 Å². The predicted octanol–water partition coefficient (Wildman–Crippen LogP) is 1.91. The van der Waals surface area contributed by atoms with E-state index in [1.807, 2.05) is 31.2 Å². The van der Waals surface area contributed by atoms with Gasteiger partial charge in [-0.05, 0) is 39.7 Å². The van der Waals surface area contributed by atoms with Crippen LogP contribution in [0.4, 0.5) is 0 Å². The van der Waals surface area contributed by atoms with Gasteiger partial charge in [-0.25, -0.2) is 0 Å². The molecule has 1 rings (SSSR count). The van der Waals surface area contributed by atoms with Crippen LogP contribution in [-0.4, -0.2) is 28.7 Å². The monoisotopic (exact) mass is 293 g/mol. The van der Waals surface area contributed by atoms with Crippen molar-refractivity contribution in [3.63, 3.8) is 0 Å². The van der Waals surface area contributed by atoms with E-state index < -0.39 is 29.5 Å². The molecule has 0 radical (unpaired) electrons. The van der Waals surface area contributed by atoms with Crippen molar-refractivity contribution in [2.75, 3.05) is 0 Å². The molecule has 0 saturated heterocycles. The minimum atomic E-state index is -1.37. The molecule has 21 heavy (non-hydrogen) atoms. The van der Waals surface area contributed by atoms with Gasteiger partial charge in [0.05, 0.1) is 0 Å². The second kappa shape index (κ2) is 6.72. The van der Waals surface area contributed by atoms with Gasteiger partial charge in [-0.3, -0.25) is 9.59 Å². The molecule has 0 aliphatic heterocycles. The summed E-state index contributed by atoms with van der Waals surface area (Å²) in [6.07, 6.45) is 0.303. The zero-order valence-electron chi connectivity index (χ0n) is 12.9. The normalized spacial score (nSPS) is 14.3. The molecule has 0 bridgehead atoms. The zero-order chi connectivity index (χ0) is 16.2. The summed E-state index contributed by atoms with van der Waals surface area (Å²) in [6.45, 7) is 7.01. The van der Waals surface area contributed by atoms with E-state index in [0.717, 1.165) is 11.1 Å². The van der Waals surface area contributed by atoms with Crippen LogP contribution in [0.1, 0.15) is 31.9 Å². The number of carbonyl (C=O) groups is 2. The summed E-state index contributed by atoms with van der Waals surface area (Å²) in [5, 5.41) is 9.26. The molecule has 5 heteroatoms. The molecular weight excluding hydrogens is 270 g/mol. The van der Waals surface area contributed by atoms with Crippen LogP contribution in [0.15, 0.2) is 24.3 Å². The lowest BCUT2D eigenvalue weighted by atomic mass is 9.93. The Morgan fingerprint density at radius 2 is 1.95 bits per heavy atom. The van der Waals surface area contributed by atoms with Gasteiger partial charge in [0.2, 0.25) is 0 Å². The van der Waals surface area contributed by atoms with Crippen molar-refractivity contribution in [3.8, 4) is 0 Å². The van der Waals surface area contributed by atoms with Crippen LogP contribution >= 0.6 is 0 Å². The number of benzene rings is 1. The average molecular weight is 293 g/mol. The SMILES string of the molecule is Cc1cccc(CC(N)[C@H](C(=O)O)C(=O)OC(C)(C)C)c1. The maximum absolute atomic E-state index is 12.0. The highest BCUT2D eigenvalue weighted by Gasteiger charge is 2.36. The molecule has 1 aromatic rings. The van der Waals surface area contributed by atoms with Gasteiger partial charge in [-0.1, -0.05) is 29.8 Å². The molecule has 0 aliphatic carbocycles. The molecule has 0 fully saturated rings. The Morgan fingerprint density at radius 3 is 2.43 bits per heavy atom. The minimum absolute atomic E-state index is 0.303. The first-order valence-corrected chi connectivity index (χ1v) is 6.87. The molecule has 116 valence electrons. The lowest BCUT2D eigenvalue weighted by Gasteiger charge is -2.25. The van der Waals surface area contributed by atoms with Crippen molar-refractivity contribution in [2.45, 2.75) is 45.8 Å². The number of carbonyl (C=O) groups excluding carboxylic acids is 1. The molecule has 0 saturated carbocycles. The molecule has 1 aromatic carbocycles. The summed E-state index contributed by atoms with van der Waals surface area (Å²) in [6, 6.07) is 6.77. The number of hydrogen-bond donors (Lipinski definition) is 2. The summed E-state index contributed by atoms with van der Waals surface area (Å²) in [7, 11) is 0. The Morgan fingerprint density at radius 1 is 1.33 bits per heavy atom. The number of carboxylic acids is 1. The van der Waals surface area contributed by atoms with Gasteiger partial charge >= 0.3 is 11.9 Å². The highest BCUT2D eigenvalue weighted by molar-refractivity contribution is 5.95. The third-order valence-electron chi connectivity index (χ3n) is 2.91. The van der Waals surface area contributed by atoms with Crippen LogP contribution in [0.2, 0.25) is 0 Å². The van der Waals surface area contributed by atoms with Gasteiger partial charge in [0.1, 0.15) is 5.60 Å². The first-order valence-electron chi connectivity index (χ1n) is 6.87. The van der Waals surface area contributed by atoms with Gasteiger partial charge in [-0.15, -0.1) is 0 Å². The summed E-state index contributed by atoms with van der Waals surface area (Å²) in [5.41, 5.74) is 7.16. The summed E-state index contributed by atoms with van der Waals surface area (Å²) < 4.78 is 5.14. The highest BCUT2D eigenvalue weighted by atomic mass is 16.6. The highest BCUT2D eigenvalue weighted by Crippen LogP contribution is 2.17. The lowest BCUT2D eigenvalue weighted by Crippen LogP contribution is -2.45. The van der Waals surface area contributed by atoms with Gasteiger partial charge in [0.15, 0.2) is 5.92 Å².